The molecule has 7 heteroatoms. The number of piperazine rings is 1. The van der Waals surface area contributed by atoms with Crippen LogP contribution >= 0.6 is 0 Å². The molecule has 2 aromatic carbocycles. The highest BCUT2D eigenvalue weighted by atomic mass is 16.2. The lowest BCUT2D eigenvalue weighted by atomic mass is 10.1. The number of amides is 1. The number of anilines is 1. The summed E-state index contributed by atoms with van der Waals surface area (Å²) >= 11 is 0. The Kier molecular flexibility index (Phi) is 5.98. The van der Waals surface area contributed by atoms with Crippen molar-refractivity contribution in [2.75, 3.05) is 45.6 Å². The first-order chi connectivity index (χ1) is 16.6. The van der Waals surface area contributed by atoms with Crippen molar-refractivity contribution in [3.8, 4) is 23.1 Å². The summed E-state index contributed by atoms with van der Waals surface area (Å²) in [5, 5.41) is 7.89. The number of nitrogens with one attached hydrogen (secondary N) is 1. The van der Waals surface area contributed by atoms with Crippen LogP contribution in [-0.4, -0.2) is 70.6 Å². The predicted molar refractivity (Wildman–Crippen MR) is 134 cm³/mol. The number of carbonyl (C=O) groups excluding carboxylic acids is 1. The Morgan fingerprint density at radius 2 is 1.76 bits per heavy atom. The third-order valence-corrected chi connectivity index (χ3v) is 6.07. The molecule has 0 bridgehead atoms. The topological polar surface area (TPSA) is 65.8 Å². The van der Waals surface area contributed by atoms with Crippen molar-refractivity contribution in [2.45, 2.75) is 0 Å². The van der Waals surface area contributed by atoms with E-state index in [4.69, 9.17) is 5.10 Å². The molecule has 1 fully saturated rings. The van der Waals surface area contributed by atoms with Crippen LogP contribution in [0.5, 0.6) is 0 Å². The monoisotopic (exact) mass is 450 g/mol. The SMILES string of the molecule is CNc1cccc(C#Cc2cnc3ccc(-c4ccc(C(=O)N5CCN(C)CC5)cc4)nn23)c1. The van der Waals surface area contributed by atoms with Gasteiger partial charge in [-0.2, -0.15) is 5.10 Å². The number of fused-ring (bicyclic) bond motifs is 1. The van der Waals surface area contributed by atoms with Crippen LogP contribution in [0.1, 0.15) is 21.6 Å². The van der Waals surface area contributed by atoms with E-state index in [1.165, 1.54) is 0 Å². The number of rotatable bonds is 3. The summed E-state index contributed by atoms with van der Waals surface area (Å²) in [5.41, 5.74) is 5.81. The van der Waals surface area contributed by atoms with Crippen LogP contribution in [0.25, 0.3) is 16.9 Å². The standard InChI is InChI=1S/C27H26N6O/c1-28-23-5-3-4-20(18-23)6-11-24-19-29-26-13-12-25(30-33(24)26)21-7-9-22(10-8-21)27(34)32-16-14-31(2)15-17-32/h3-5,7-10,12-13,18-19,28H,14-17H2,1-2H3. The van der Waals surface area contributed by atoms with Crippen LogP contribution in [0, 0.1) is 11.8 Å². The maximum Gasteiger partial charge on any atom is 0.253 e. The average molecular weight is 451 g/mol. The maximum atomic E-state index is 12.8. The smallest absolute Gasteiger partial charge is 0.253 e. The van der Waals surface area contributed by atoms with Crippen molar-refractivity contribution in [3.05, 3.63) is 83.7 Å². The molecular weight excluding hydrogens is 424 g/mol. The van der Waals surface area contributed by atoms with Gasteiger partial charge in [0.2, 0.25) is 0 Å². The van der Waals surface area contributed by atoms with Crippen molar-refractivity contribution in [3.63, 3.8) is 0 Å². The number of imidazole rings is 1. The Hall–Kier alpha value is -4.15. The van der Waals surface area contributed by atoms with Crippen LogP contribution < -0.4 is 5.32 Å². The number of hydrogen-bond donors (Lipinski definition) is 1. The Morgan fingerprint density at radius 3 is 2.53 bits per heavy atom. The third kappa shape index (κ3) is 4.49. The maximum absolute atomic E-state index is 12.8. The van der Waals surface area contributed by atoms with Gasteiger partial charge in [0.05, 0.1) is 11.9 Å². The van der Waals surface area contributed by atoms with Crippen LogP contribution in [0.2, 0.25) is 0 Å². The fourth-order valence-corrected chi connectivity index (χ4v) is 3.98. The molecule has 3 heterocycles. The minimum atomic E-state index is 0.0811. The molecule has 1 aliphatic heterocycles. The Bertz CT molecular complexity index is 1390. The van der Waals surface area contributed by atoms with E-state index in [-0.39, 0.29) is 5.91 Å². The van der Waals surface area contributed by atoms with E-state index in [0.717, 1.165) is 54.3 Å². The summed E-state index contributed by atoms with van der Waals surface area (Å²) in [4.78, 5) is 21.4. The minimum absolute atomic E-state index is 0.0811. The highest BCUT2D eigenvalue weighted by Crippen LogP contribution is 2.20. The van der Waals surface area contributed by atoms with Crippen LogP contribution in [0.15, 0.2) is 66.9 Å². The first kappa shape index (κ1) is 21.7. The van der Waals surface area contributed by atoms with Gasteiger partial charge in [0.1, 0.15) is 5.69 Å². The van der Waals surface area contributed by atoms with E-state index in [0.29, 0.717) is 11.3 Å². The van der Waals surface area contributed by atoms with Gasteiger partial charge >= 0.3 is 0 Å². The molecule has 2 aromatic heterocycles. The molecule has 7 nitrogen and oxygen atoms in total. The summed E-state index contributed by atoms with van der Waals surface area (Å²) in [7, 11) is 3.97. The minimum Gasteiger partial charge on any atom is -0.388 e. The van der Waals surface area contributed by atoms with E-state index >= 15 is 0 Å². The lowest BCUT2D eigenvalue weighted by molar-refractivity contribution is 0.0664. The highest BCUT2D eigenvalue weighted by Gasteiger charge is 2.20. The van der Waals surface area contributed by atoms with Gasteiger partial charge in [0, 0.05) is 55.6 Å². The molecule has 4 aromatic rings. The number of nitrogens with zero attached hydrogens (tertiary/aromatic N) is 5. The van der Waals surface area contributed by atoms with Crippen molar-refractivity contribution < 1.29 is 4.79 Å². The Morgan fingerprint density at radius 1 is 0.971 bits per heavy atom. The lowest BCUT2D eigenvalue weighted by Crippen LogP contribution is -2.47. The molecule has 0 atom stereocenters. The molecule has 0 spiro atoms. The normalized spacial score (nSPS) is 14.0. The summed E-state index contributed by atoms with van der Waals surface area (Å²) < 4.78 is 1.76. The molecular formula is C27H26N6O. The predicted octanol–water partition coefficient (Wildman–Crippen LogP) is 3.23. The summed E-state index contributed by atoms with van der Waals surface area (Å²) in [6.07, 6.45) is 1.73. The molecule has 1 aliphatic rings. The van der Waals surface area contributed by atoms with Gasteiger partial charge in [-0.1, -0.05) is 24.1 Å². The van der Waals surface area contributed by atoms with E-state index in [1.54, 1.807) is 10.7 Å². The molecule has 0 radical (unpaired) electrons. The number of carbonyl (C=O) groups is 1. The summed E-state index contributed by atoms with van der Waals surface area (Å²) in [5.74, 6) is 6.46. The van der Waals surface area contributed by atoms with E-state index < -0.39 is 0 Å². The van der Waals surface area contributed by atoms with Gasteiger partial charge in [-0.25, -0.2) is 9.50 Å². The number of likely N-dealkylation sites (N-methyl/N-ethyl adjacent to an activating group) is 1. The summed E-state index contributed by atoms with van der Waals surface area (Å²) in [6.45, 7) is 3.34. The summed E-state index contributed by atoms with van der Waals surface area (Å²) in [6, 6.07) is 19.5. The molecule has 1 N–H and O–H groups in total. The molecule has 170 valence electrons. The zero-order valence-corrected chi connectivity index (χ0v) is 19.3. The second kappa shape index (κ2) is 9.38. The van der Waals surface area contributed by atoms with Crippen molar-refractivity contribution >= 4 is 17.2 Å². The number of aromatic nitrogens is 3. The average Bonchev–Trinajstić information content (AvgIpc) is 3.30. The van der Waals surface area contributed by atoms with Crippen LogP contribution in [-0.2, 0) is 0 Å². The molecule has 0 aliphatic carbocycles. The van der Waals surface area contributed by atoms with Crippen molar-refractivity contribution in [1.29, 1.82) is 0 Å². The third-order valence-electron chi connectivity index (χ3n) is 6.07. The molecule has 0 saturated carbocycles. The quantitative estimate of drug-likeness (QED) is 0.486. The Labute approximate surface area is 199 Å². The molecule has 34 heavy (non-hydrogen) atoms. The highest BCUT2D eigenvalue weighted by molar-refractivity contribution is 5.94. The first-order valence-corrected chi connectivity index (χ1v) is 11.3. The van der Waals surface area contributed by atoms with Gasteiger partial charge < -0.3 is 15.1 Å². The first-order valence-electron chi connectivity index (χ1n) is 11.3. The molecule has 1 amide bonds. The van der Waals surface area contributed by atoms with Crippen molar-refractivity contribution in [2.24, 2.45) is 0 Å². The second-order valence-electron chi connectivity index (χ2n) is 8.39. The molecule has 1 saturated heterocycles. The van der Waals surface area contributed by atoms with E-state index in [1.807, 2.05) is 72.6 Å². The Balaban J connectivity index is 1.38. The van der Waals surface area contributed by atoms with Gasteiger partial charge in [-0.3, -0.25) is 4.79 Å². The van der Waals surface area contributed by atoms with Crippen LogP contribution in [0.4, 0.5) is 5.69 Å². The number of hydrogen-bond acceptors (Lipinski definition) is 5. The van der Waals surface area contributed by atoms with E-state index in [9.17, 15) is 4.79 Å². The van der Waals surface area contributed by atoms with E-state index in [2.05, 4.69) is 34.1 Å². The number of benzene rings is 2. The molecule has 5 rings (SSSR count). The zero-order chi connectivity index (χ0) is 23.5. The largest absolute Gasteiger partial charge is 0.388 e. The van der Waals surface area contributed by atoms with Crippen molar-refractivity contribution in [1.82, 2.24) is 24.4 Å². The van der Waals surface area contributed by atoms with Gasteiger partial charge in [0.25, 0.3) is 5.91 Å². The fraction of sp³-hybridized carbons (Fsp3) is 0.222. The van der Waals surface area contributed by atoms with Gasteiger partial charge in [-0.05, 0) is 55.4 Å². The van der Waals surface area contributed by atoms with Gasteiger partial charge in [0.15, 0.2) is 5.65 Å². The lowest BCUT2D eigenvalue weighted by Gasteiger charge is -2.32. The van der Waals surface area contributed by atoms with Gasteiger partial charge in [-0.15, -0.1) is 0 Å². The fourth-order valence-electron chi connectivity index (χ4n) is 3.98. The zero-order valence-electron chi connectivity index (χ0n) is 19.3. The second-order valence-corrected chi connectivity index (χ2v) is 8.39. The molecule has 0 unspecified atom stereocenters. The van der Waals surface area contributed by atoms with Crippen LogP contribution in [0.3, 0.4) is 0 Å².